The van der Waals surface area contributed by atoms with Crippen molar-refractivity contribution in [3.63, 3.8) is 0 Å². The lowest BCUT2D eigenvalue weighted by Gasteiger charge is -2.34. The van der Waals surface area contributed by atoms with Gasteiger partial charge >= 0.3 is 0 Å². The number of carbonyl (C=O) groups excluding carboxylic acids is 1. The van der Waals surface area contributed by atoms with Crippen molar-refractivity contribution in [2.24, 2.45) is 0 Å². The van der Waals surface area contributed by atoms with Crippen LogP contribution >= 0.6 is 11.6 Å². The zero-order chi connectivity index (χ0) is 19.9. The summed E-state index contributed by atoms with van der Waals surface area (Å²) in [4.78, 5) is 14.3. The Morgan fingerprint density at radius 2 is 1.75 bits per heavy atom. The molecule has 1 amide bonds. The van der Waals surface area contributed by atoms with Crippen molar-refractivity contribution in [3.05, 3.63) is 58.6 Å². The molecule has 0 bridgehead atoms. The maximum Gasteiger partial charge on any atom is 0.243 e. The number of amides is 1. The Hall–Kier alpha value is -1.93. The third-order valence-corrected chi connectivity index (χ3v) is 7.58. The van der Waals surface area contributed by atoms with E-state index in [-0.39, 0.29) is 16.7 Å². The van der Waals surface area contributed by atoms with Gasteiger partial charge in [0, 0.05) is 43.4 Å². The van der Waals surface area contributed by atoms with Crippen LogP contribution in [0.5, 0.6) is 0 Å². The normalized spacial score (nSPS) is 20.8. The van der Waals surface area contributed by atoms with Gasteiger partial charge in [0.25, 0.3) is 0 Å². The Kier molecular flexibility index (Phi) is 5.18. The fourth-order valence-corrected chi connectivity index (χ4v) is 5.26. The van der Waals surface area contributed by atoms with Gasteiger partial charge in [-0.15, -0.1) is 0 Å². The second kappa shape index (κ2) is 7.48. The second-order valence-electron chi connectivity index (χ2n) is 7.27. The Bertz CT molecular complexity index is 1000. The molecule has 28 heavy (non-hydrogen) atoms. The molecule has 0 aromatic heterocycles. The number of sulfonamides is 1. The number of nitrogens with one attached hydrogen (secondary N) is 1. The lowest BCUT2D eigenvalue weighted by molar-refractivity contribution is -0.116. The molecule has 6 nitrogen and oxygen atoms in total. The lowest BCUT2D eigenvalue weighted by atomic mass is 10.0. The highest BCUT2D eigenvalue weighted by molar-refractivity contribution is 7.89. The van der Waals surface area contributed by atoms with E-state index in [2.05, 4.69) is 10.2 Å². The first-order valence-corrected chi connectivity index (χ1v) is 11.1. The van der Waals surface area contributed by atoms with Crippen molar-refractivity contribution in [3.8, 4) is 0 Å². The summed E-state index contributed by atoms with van der Waals surface area (Å²) in [5.74, 6) is -0.429. The molecule has 0 unspecified atom stereocenters. The maximum absolute atomic E-state index is 13.1. The van der Waals surface area contributed by atoms with E-state index >= 15 is 0 Å². The number of piperazine rings is 1. The fraction of sp³-hybridized carbons (Fsp3) is 0.350. The molecule has 0 aliphatic carbocycles. The highest BCUT2D eigenvalue weighted by atomic mass is 35.5. The predicted molar refractivity (Wildman–Crippen MR) is 109 cm³/mol. The van der Waals surface area contributed by atoms with Crippen LogP contribution in [0.2, 0.25) is 5.02 Å². The molecule has 1 atom stereocenters. The molecule has 0 spiro atoms. The molecule has 2 aliphatic heterocycles. The number of hydrogen-bond acceptors (Lipinski definition) is 4. The van der Waals surface area contributed by atoms with Gasteiger partial charge in [0.15, 0.2) is 0 Å². The monoisotopic (exact) mass is 419 g/mol. The van der Waals surface area contributed by atoms with Crippen LogP contribution in [0, 0.1) is 0 Å². The number of fused-ring (bicyclic) bond motifs is 1. The molecule has 2 aliphatic rings. The minimum atomic E-state index is -3.58. The highest BCUT2D eigenvalue weighted by Gasteiger charge is 2.32. The third-order valence-electron chi connectivity index (χ3n) is 5.43. The highest BCUT2D eigenvalue weighted by Crippen LogP contribution is 2.34. The topological polar surface area (TPSA) is 69.7 Å². The van der Waals surface area contributed by atoms with E-state index in [0.717, 1.165) is 17.7 Å². The van der Waals surface area contributed by atoms with Crippen molar-refractivity contribution in [2.45, 2.75) is 24.3 Å². The number of rotatable bonds is 4. The average Bonchev–Trinajstić information content (AvgIpc) is 2.97. The van der Waals surface area contributed by atoms with E-state index in [1.165, 1.54) is 4.31 Å². The molecule has 2 heterocycles. The number of halogens is 1. The molecular weight excluding hydrogens is 398 g/mol. The first-order chi connectivity index (χ1) is 13.3. The summed E-state index contributed by atoms with van der Waals surface area (Å²) in [5, 5.41) is 3.48. The van der Waals surface area contributed by atoms with E-state index in [4.69, 9.17) is 11.6 Å². The summed E-state index contributed by atoms with van der Waals surface area (Å²) in [6.07, 6.45) is 0. The van der Waals surface area contributed by atoms with Gasteiger partial charge in [-0.05, 0) is 48.4 Å². The third kappa shape index (κ3) is 3.67. The molecule has 148 valence electrons. The molecular formula is C20H22ClN3O3S. The molecule has 4 rings (SSSR count). The summed E-state index contributed by atoms with van der Waals surface area (Å²) in [6, 6.07) is 12.6. The summed E-state index contributed by atoms with van der Waals surface area (Å²) in [5.41, 5.74) is 2.60. The molecule has 1 fully saturated rings. The van der Waals surface area contributed by atoms with Crippen LogP contribution in [0.4, 0.5) is 5.69 Å². The summed E-state index contributed by atoms with van der Waals surface area (Å²) < 4.78 is 27.7. The standard InChI is InChI=1S/C20H22ClN3O3S/c1-14-18-12-17(6-7-19(18)22-20(14)25)28(26,27)24-10-8-23(9-11-24)13-15-2-4-16(21)5-3-15/h2-7,12,14H,8-11,13H2,1H3,(H,22,25)/t14-/m0/s1. The number of anilines is 1. The molecule has 1 N–H and O–H groups in total. The summed E-state index contributed by atoms with van der Waals surface area (Å²) >= 11 is 5.92. The van der Waals surface area contributed by atoms with Gasteiger partial charge in [0.1, 0.15) is 0 Å². The van der Waals surface area contributed by atoms with Crippen molar-refractivity contribution in [1.29, 1.82) is 0 Å². The number of hydrogen-bond donors (Lipinski definition) is 1. The fourth-order valence-electron chi connectivity index (χ4n) is 3.68. The first kappa shape index (κ1) is 19.4. The first-order valence-electron chi connectivity index (χ1n) is 9.26. The molecule has 2 aromatic rings. The minimum Gasteiger partial charge on any atom is -0.325 e. The van der Waals surface area contributed by atoms with Crippen molar-refractivity contribution < 1.29 is 13.2 Å². The lowest BCUT2D eigenvalue weighted by Crippen LogP contribution is -2.48. The van der Waals surface area contributed by atoms with E-state index < -0.39 is 10.0 Å². The van der Waals surface area contributed by atoms with Crippen LogP contribution in [0.25, 0.3) is 0 Å². The Morgan fingerprint density at radius 3 is 2.43 bits per heavy atom. The molecule has 2 aromatic carbocycles. The minimum absolute atomic E-state index is 0.0969. The van der Waals surface area contributed by atoms with Crippen LogP contribution in [0.1, 0.15) is 24.0 Å². The van der Waals surface area contributed by atoms with Crippen LogP contribution in [0.3, 0.4) is 0 Å². The zero-order valence-corrected chi connectivity index (χ0v) is 17.1. The Morgan fingerprint density at radius 1 is 1.07 bits per heavy atom. The van der Waals surface area contributed by atoms with Gasteiger partial charge < -0.3 is 5.32 Å². The van der Waals surface area contributed by atoms with Gasteiger partial charge in [-0.25, -0.2) is 8.42 Å². The van der Waals surface area contributed by atoms with Gasteiger partial charge in [0.05, 0.1) is 10.8 Å². The van der Waals surface area contributed by atoms with Crippen molar-refractivity contribution in [2.75, 3.05) is 31.5 Å². The quantitative estimate of drug-likeness (QED) is 0.827. The van der Waals surface area contributed by atoms with E-state index in [1.807, 2.05) is 24.3 Å². The molecule has 1 saturated heterocycles. The Labute approximate surface area is 170 Å². The van der Waals surface area contributed by atoms with Gasteiger partial charge in [0.2, 0.25) is 15.9 Å². The van der Waals surface area contributed by atoms with Gasteiger partial charge in [-0.3, -0.25) is 9.69 Å². The number of carbonyl (C=O) groups is 1. The number of nitrogens with zero attached hydrogens (tertiary/aromatic N) is 2. The smallest absolute Gasteiger partial charge is 0.243 e. The van der Waals surface area contributed by atoms with Crippen LogP contribution in [0.15, 0.2) is 47.4 Å². The molecule has 8 heteroatoms. The van der Waals surface area contributed by atoms with E-state index in [0.29, 0.717) is 36.9 Å². The molecule has 0 radical (unpaired) electrons. The largest absolute Gasteiger partial charge is 0.325 e. The summed E-state index contributed by atoms with van der Waals surface area (Å²) in [6.45, 7) is 4.79. The molecule has 0 saturated carbocycles. The van der Waals surface area contributed by atoms with Crippen LogP contribution in [-0.4, -0.2) is 49.7 Å². The van der Waals surface area contributed by atoms with Crippen LogP contribution < -0.4 is 5.32 Å². The SMILES string of the molecule is C[C@@H]1C(=O)Nc2ccc(S(=O)(=O)N3CCN(Cc4ccc(Cl)cc4)CC3)cc21. The van der Waals surface area contributed by atoms with Gasteiger partial charge in [-0.1, -0.05) is 23.7 Å². The van der Waals surface area contributed by atoms with E-state index in [1.54, 1.807) is 25.1 Å². The second-order valence-corrected chi connectivity index (χ2v) is 9.64. The summed E-state index contributed by atoms with van der Waals surface area (Å²) in [7, 11) is -3.58. The van der Waals surface area contributed by atoms with Crippen LogP contribution in [-0.2, 0) is 21.4 Å². The van der Waals surface area contributed by atoms with Crippen molar-refractivity contribution >= 4 is 33.2 Å². The zero-order valence-electron chi connectivity index (χ0n) is 15.6. The maximum atomic E-state index is 13.1. The van der Waals surface area contributed by atoms with Crippen molar-refractivity contribution in [1.82, 2.24) is 9.21 Å². The average molecular weight is 420 g/mol. The predicted octanol–water partition coefficient (Wildman–Crippen LogP) is 2.90. The Balaban J connectivity index is 1.44. The van der Waals surface area contributed by atoms with Gasteiger partial charge in [-0.2, -0.15) is 4.31 Å². The number of benzene rings is 2. The van der Waals surface area contributed by atoms with E-state index in [9.17, 15) is 13.2 Å².